The monoisotopic (exact) mass is 908 g/mol. The Morgan fingerprint density at radius 3 is 1.64 bits per heavy atom. The van der Waals surface area contributed by atoms with E-state index in [0.29, 0.717) is 29.9 Å². The number of carbonyl (C=O) groups is 6. The van der Waals surface area contributed by atoms with Crippen LogP contribution >= 0.6 is 0 Å². The molecule has 17 heteroatoms. The molecule has 3 amide bonds. The van der Waals surface area contributed by atoms with Crippen LogP contribution in [0.3, 0.4) is 0 Å². The van der Waals surface area contributed by atoms with Gasteiger partial charge in [0.1, 0.15) is 42.1 Å². The second kappa shape index (κ2) is 18.4. The van der Waals surface area contributed by atoms with Gasteiger partial charge in [0, 0.05) is 19.8 Å². The molecule has 17 nitrogen and oxygen atoms in total. The van der Waals surface area contributed by atoms with Gasteiger partial charge in [-0.25, -0.2) is 0 Å². The van der Waals surface area contributed by atoms with E-state index in [9.17, 15) is 59.4 Å². The van der Waals surface area contributed by atoms with Crippen LogP contribution in [0.25, 0.3) is 0 Å². The summed E-state index contributed by atoms with van der Waals surface area (Å²) in [5.41, 5.74) is -13.3. The molecule has 12 atom stereocenters. The van der Waals surface area contributed by atoms with E-state index in [0.717, 1.165) is 13.8 Å². The van der Waals surface area contributed by atoms with Gasteiger partial charge in [0.05, 0.1) is 23.8 Å². The molecule has 0 saturated carbocycles. The molecule has 3 aliphatic heterocycles. The van der Waals surface area contributed by atoms with E-state index in [1.165, 1.54) is 24.3 Å². The minimum atomic E-state index is -3.81. The maximum Gasteiger partial charge on any atom is 0.262 e. The molecule has 0 spiro atoms. The first-order valence-corrected chi connectivity index (χ1v) is 21.3. The summed E-state index contributed by atoms with van der Waals surface area (Å²) in [5.74, 6) is -7.44. The standard InChI is InChI=1S/C49H52N2O15/c1-27(52)37(57)41-48(62,29(3)54)47(61,28(2)53)39(51-43(58)34-22-14-15-23-35(34)44(51)59)42(65-41)49(63)40(36(56)24-31-16-8-5-9-17-31)66-45(64-26-33-20-12-7-13-21-33)38(50-30(4)55)46(49,60)25-32-18-10-6-11-19-32/h5-23,36-42,45,56-57,60-63H,24-26H2,1-4H3,(H,50,55)/t36?,37?,38-,39-,40-,41-,42-,45+,46-,47-,48-,49+/m1/s1. The Bertz CT molecular complexity index is 2460. The van der Waals surface area contributed by atoms with Crippen LogP contribution < -0.4 is 5.32 Å². The molecule has 2 saturated heterocycles. The van der Waals surface area contributed by atoms with E-state index in [-0.39, 0.29) is 29.7 Å². The fourth-order valence-corrected chi connectivity index (χ4v) is 9.84. The van der Waals surface area contributed by atoms with Crippen molar-refractivity contribution >= 4 is 35.1 Å². The van der Waals surface area contributed by atoms with Crippen LogP contribution in [0.4, 0.5) is 0 Å². The topological polar surface area (TPSA) is 267 Å². The van der Waals surface area contributed by atoms with Crippen LogP contribution in [0.2, 0.25) is 0 Å². The molecule has 0 radical (unpaired) electrons. The number of aliphatic hydroxyl groups is 6. The third-order valence-electron chi connectivity index (χ3n) is 13.1. The number of aliphatic hydroxyl groups excluding tert-OH is 2. The van der Waals surface area contributed by atoms with Crippen LogP contribution in [0.5, 0.6) is 0 Å². The lowest BCUT2D eigenvalue weighted by atomic mass is 9.56. The maximum atomic E-state index is 14.7. The smallest absolute Gasteiger partial charge is 0.262 e. The molecule has 0 aromatic heterocycles. The van der Waals surface area contributed by atoms with Gasteiger partial charge in [0.2, 0.25) is 5.91 Å². The fourth-order valence-electron chi connectivity index (χ4n) is 9.84. The summed E-state index contributed by atoms with van der Waals surface area (Å²) in [4.78, 5) is 84.6. The molecule has 7 rings (SSSR count). The number of hydrogen-bond donors (Lipinski definition) is 7. The Balaban J connectivity index is 1.58. The van der Waals surface area contributed by atoms with Crippen molar-refractivity contribution in [3.8, 4) is 0 Å². The minimum Gasteiger partial charge on any atom is -0.390 e. The summed E-state index contributed by atoms with van der Waals surface area (Å²) in [5, 5.41) is 80.9. The van der Waals surface area contributed by atoms with Crippen LogP contribution in [0.1, 0.15) is 65.1 Å². The van der Waals surface area contributed by atoms with Gasteiger partial charge in [-0.1, -0.05) is 103 Å². The molecule has 7 N–H and O–H groups in total. The number of ketones is 3. The number of nitrogens with zero attached hydrogens (tertiary/aromatic N) is 1. The van der Waals surface area contributed by atoms with Crippen LogP contribution in [0, 0.1) is 0 Å². The lowest BCUT2D eigenvalue weighted by molar-refractivity contribution is -0.394. The van der Waals surface area contributed by atoms with E-state index in [4.69, 9.17) is 14.2 Å². The summed E-state index contributed by atoms with van der Waals surface area (Å²) >= 11 is 0. The first-order chi connectivity index (χ1) is 31.2. The van der Waals surface area contributed by atoms with Crippen LogP contribution in [-0.2, 0) is 52.8 Å². The predicted octanol–water partition coefficient (Wildman–Crippen LogP) is 0.764. The van der Waals surface area contributed by atoms with Gasteiger partial charge in [-0.2, -0.15) is 0 Å². The van der Waals surface area contributed by atoms with Gasteiger partial charge in [0.15, 0.2) is 40.4 Å². The van der Waals surface area contributed by atoms with Crippen molar-refractivity contribution in [3.63, 3.8) is 0 Å². The Morgan fingerprint density at radius 1 is 0.667 bits per heavy atom. The normalized spacial score (nSPS) is 31.7. The molecule has 2 unspecified atom stereocenters. The highest BCUT2D eigenvalue weighted by Crippen LogP contribution is 2.54. The molecule has 4 aromatic carbocycles. The number of Topliss-reactive ketones (excluding diaryl/α,β-unsaturated/α-hetero) is 3. The van der Waals surface area contributed by atoms with Crippen molar-refractivity contribution < 1.29 is 73.6 Å². The summed E-state index contributed by atoms with van der Waals surface area (Å²) in [7, 11) is 0. The highest BCUT2D eigenvalue weighted by atomic mass is 16.7. The molecule has 4 aromatic rings. The fraction of sp³-hybridized carbons (Fsp3) is 0.388. The molecule has 348 valence electrons. The summed E-state index contributed by atoms with van der Waals surface area (Å²) < 4.78 is 19.3. The van der Waals surface area contributed by atoms with Crippen LogP contribution in [0.15, 0.2) is 115 Å². The molecule has 3 heterocycles. The van der Waals surface area contributed by atoms with E-state index < -0.39 is 113 Å². The Kier molecular flexibility index (Phi) is 13.4. The number of amides is 3. The Morgan fingerprint density at radius 2 is 1.15 bits per heavy atom. The first kappa shape index (κ1) is 48.1. The Hall–Kier alpha value is -5.86. The molecule has 0 aliphatic carbocycles. The van der Waals surface area contributed by atoms with Crippen LogP contribution in [-0.4, -0.2) is 142 Å². The summed E-state index contributed by atoms with van der Waals surface area (Å²) in [6.45, 7) is 3.10. The molecule has 0 bridgehead atoms. The molecular weight excluding hydrogens is 857 g/mol. The van der Waals surface area contributed by atoms with Gasteiger partial charge in [-0.3, -0.25) is 33.7 Å². The van der Waals surface area contributed by atoms with Gasteiger partial charge in [0.25, 0.3) is 11.8 Å². The number of benzene rings is 4. The molecule has 2 fully saturated rings. The highest BCUT2D eigenvalue weighted by Gasteiger charge is 2.81. The number of rotatable bonds is 15. The van der Waals surface area contributed by atoms with Crippen molar-refractivity contribution in [2.75, 3.05) is 0 Å². The van der Waals surface area contributed by atoms with Gasteiger partial charge in [-0.15, -0.1) is 0 Å². The third-order valence-corrected chi connectivity index (χ3v) is 13.1. The van der Waals surface area contributed by atoms with E-state index in [1.807, 2.05) is 0 Å². The number of imide groups is 1. The van der Waals surface area contributed by atoms with Crippen molar-refractivity contribution in [1.29, 1.82) is 0 Å². The van der Waals surface area contributed by atoms with Crippen molar-refractivity contribution in [2.45, 2.75) is 118 Å². The average Bonchev–Trinajstić information content (AvgIpc) is 3.54. The minimum absolute atomic E-state index is 0.233. The lowest BCUT2D eigenvalue weighted by Crippen LogP contribution is -2.91. The van der Waals surface area contributed by atoms with E-state index in [1.54, 1.807) is 91.0 Å². The molecule has 66 heavy (non-hydrogen) atoms. The second-order valence-electron chi connectivity index (χ2n) is 17.2. The van der Waals surface area contributed by atoms with E-state index in [2.05, 4.69) is 5.32 Å². The average molecular weight is 909 g/mol. The zero-order chi connectivity index (χ0) is 47.9. The summed E-state index contributed by atoms with van der Waals surface area (Å²) in [6.07, 6.45) is -15.1. The SMILES string of the molecule is CC(=O)N[C@@H]1[C@@H](OCc2ccccc2)O[C@H](C(O)Cc2ccccc2)[C@](O)([C@@H]2O[C@H](C(O)C(C)=O)[C@](O)(C(C)=O)[C@@](O)(C(C)=O)[C@@H]2N2C(=O)c3ccccc3C2=O)[C@@]1(O)Cc1ccccc1. The highest BCUT2D eigenvalue weighted by molar-refractivity contribution is 6.22. The Labute approximate surface area is 379 Å². The van der Waals surface area contributed by atoms with Gasteiger partial charge < -0.3 is 50.2 Å². The number of nitrogens with one attached hydrogen (secondary N) is 1. The van der Waals surface area contributed by atoms with E-state index >= 15 is 0 Å². The first-order valence-electron chi connectivity index (χ1n) is 21.3. The lowest BCUT2D eigenvalue weighted by Gasteiger charge is -2.65. The number of ether oxygens (including phenoxy) is 3. The maximum absolute atomic E-state index is 14.7. The van der Waals surface area contributed by atoms with Crippen molar-refractivity contribution in [1.82, 2.24) is 10.2 Å². The number of hydrogen-bond acceptors (Lipinski definition) is 15. The second-order valence-corrected chi connectivity index (χ2v) is 17.2. The number of fused-ring (bicyclic) bond motifs is 1. The van der Waals surface area contributed by atoms with Crippen molar-refractivity contribution in [2.24, 2.45) is 0 Å². The predicted molar refractivity (Wildman–Crippen MR) is 231 cm³/mol. The van der Waals surface area contributed by atoms with Gasteiger partial charge >= 0.3 is 0 Å². The third kappa shape index (κ3) is 7.89. The zero-order valence-corrected chi connectivity index (χ0v) is 36.5. The quantitative estimate of drug-likeness (QED) is 0.0813. The molecule has 3 aliphatic rings. The summed E-state index contributed by atoms with van der Waals surface area (Å²) in [6, 6.07) is 25.5. The van der Waals surface area contributed by atoms with Crippen molar-refractivity contribution in [3.05, 3.63) is 143 Å². The number of carbonyl (C=O) groups excluding carboxylic acids is 6. The zero-order valence-electron chi connectivity index (χ0n) is 36.5. The largest absolute Gasteiger partial charge is 0.390 e. The molecular formula is C49H52N2O15. The van der Waals surface area contributed by atoms with Gasteiger partial charge in [-0.05, 0) is 49.6 Å².